The number of pyridine rings is 1. The molecule has 0 saturated carbocycles. The molecule has 1 saturated heterocycles. The molecule has 1 aliphatic heterocycles. The van der Waals surface area contributed by atoms with Gasteiger partial charge in [-0.3, -0.25) is 19.4 Å². The SMILES string of the molecule is CCCC(CC)C1(CCCc2ccc(OC)cc2OC)CC(=O)C(C(=O)Cc2cccnc2)C(=O)O1. The highest BCUT2D eigenvalue weighted by Crippen LogP contribution is 2.42. The Morgan fingerprint density at radius 1 is 1.19 bits per heavy atom. The Hall–Kier alpha value is -3.22. The van der Waals surface area contributed by atoms with Crippen molar-refractivity contribution in [1.82, 2.24) is 4.98 Å². The number of Topliss-reactive ketones (excluding diaryl/α,β-unsaturated/α-hetero) is 2. The number of nitrogens with zero attached hydrogens (tertiary/aromatic N) is 1. The molecule has 3 rings (SSSR count). The standard InChI is InChI=1S/C29H37NO6/c1-5-9-22(6-2)29(14-7-11-21-12-13-23(34-3)17-26(21)35-4)18-25(32)27(28(33)36-29)24(31)16-20-10-8-15-30-19-20/h8,10,12-13,15,17,19,22,27H,5-7,9,11,14,16,18H2,1-4H3. The molecule has 0 bridgehead atoms. The Bertz CT molecular complexity index is 1030. The average molecular weight is 496 g/mol. The van der Waals surface area contributed by atoms with E-state index in [9.17, 15) is 14.4 Å². The molecule has 1 aromatic carbocycles. The molecule has 1 aromatic heterocycles. The van der Waals surface area contributed by atoms with Gasteiger partial charge in [0.1, 0.15) is 17.1 Å². The maximum absolute atomic E-state index is 13.3. The number of rotatable bonds is 13. The Balaban J connectivity index is 1.77. The van der Waals surface area contributed by atoms with E-state index in [2.05, 4.69) is 18.8 Å². The molecule has 2 aromatic rings. The van der Waals surface area contributed by atoms with Crippen molar-refractivity contribution in [2.75, 3.05) is 14.2 Å². The van der Waals surface area contributed by atoms with Crippen molar-refractivity contribution in [1.29, 1.82) is 0 Å². The summed E-state index contributed by atoms with van der Waals surface area (Å²) in [6, 6.07) is 9.19. The van der Waals surface area contributed by atoms with Gasteiger partial charge in [-0.15, -0.1) is 0 Å². The summed E-state index contributed by atoms with van der Waals surface area (Å²) in [6.45, 7) is 4.15. The molecular formula is C29H37NO6. The molecule has 0 N–H and O–H groups in total. The van der Waals surface area contributed by atoms with Crippen molar-refractivity contribution in [2.45, 2.75) is 70.8 Å². The lowest BCUT2D eigenvalue weighted by Gasteiger charge is -2.44. The van der Waals surface area contributed by atoms with E-state index in [1.807, 2.05) is 18.2 Å². The van der Waals surface area contributed by atoms with Gasteiger partial charge in [-0.2, -0.15) is 0 Å². The van der Waals surface area contributed by atoms with E-state index in [0.29, 0.717) is 24.8 Å². The highest BCUT2D eigenvalue weighted by molar-refractivity contribution is 6.19. The van der Waals surface area contributed by atoms with Gasteiger partial charge in [-0.25, -0.2) is 0 Å². The number of carbonyl (C=O) groups is 3. The van der Waals surface area contributed by atoms with Gasteiger partial charge in [0.15, 0.2) is 17.5 Å². The molecule has 3 unspecified atom stereocenters. The van der Waals surface area contributed by atoms with Crippen LogP contribution in [0.4, 0.5) is 0 Å². The Morgan fingerprint density at radius 2 is 2.00 bits per heavy atom. The van der Waals surface area contributed by atoms with E-state index in [-0.39, 0.29) is 24.5 Å². The van der Waals surface area contributed by atoms with Crippen molar-refractivity contribution in [3.63, 3.8) is 0 Å². The van der Waals surface area contributed by atoms with Crippen LogP contribution in [0.3, 0.4) is 0 Å². The zero-order chi connectivity index (χ0) is 26.1. The molecule has 0 spiro atoms. The molecule has 1 aliphatic rings. The lowest BCUT2D eigenvalue weighted by Crippen LogP contribution is -2.54. The Kier molecular flexibility index (Phi) is 9.62. The first kappa shape index (κ1) is 27.4. The Labute approximate surface area is 213 Å². The second-order valence-electron chi connectivity index (χ2n) is 9.49. The van der Waals surface area contributed by atoms with Gasteiger partial charge in [0, 0.05) is 31.3 Å². The molecule has 2 heterocycles. The maximum Gasteiger partial charge on any atom is 0.324 e. The number of aromatic nitrogens is 1. The van der Waals surface area contributed by atoms with Gasteiger partial charge in [-0.1, -0.05) is 32.4 Å². The van der Waals surface area contributed by atoms with Crippen LogP contribution in [-0.2, 0) is 32.0 Å². The quantitative estimate of drug-likeness (QED) is 0.287. The zero-order valence-electron chi connectivity index (χ0n) is 21.7. The van der Waals surface area contributed by atoms with Gasteiger partial charge in [-0.05, 0) is 61.3 Å². The van der Waals surface area contributed by atoms with Gasteiger partial charge >= 0.3 is 5.97 Å². The number of methoxy groups -OCH3 is 2. The number of ether oxygens (including phenoxy) is 3. The fourth-order valence-electron chi connectivity index (χ4n) is 5.34. The van der Waals surface area contributed by atoms with Crippen molar-refractivity contribution >= 4 is 17.5 Å². The summed E-state index contributed by atoms with van der Waals surface area (Å²) in [6.07, 6.45) is 7.74. The van der Waals surface area contributed by atoms with E-state index in [0.717, 1.165) is 36.3 Å². The van der Waals surface area contributed by atoms with Crippen LogP contribution >= 0.6 is 0 Å². The van der Waals surface area contributed by atoms with Crippen LogP contribution in [0.1, 0.15) is 63.5 Å². The lowest BCUT2D eigenvalue weighted by molar-refractivity contribution is -0.187. The summed E-state index contributed by atoms with van der Waals surface area (Å²) in [4.78, 5) is 43.4. The number of cyclic esters (lactones) is 1. The van der Waals surface area contributed by atoms with Crippen LogP contribution in [0.5, 0.6) is 11.5 Å². The zero-order valence-corrected chi connectivity index (χ0v) is 21.7. The van der Waals surface area contributed by atoms with Crippen molar-refractivity contribution < 1.29 is 28.6 Å². The minimum atomic E-state index is -1.36. The van der Waals surface area contributed by atoms with Crippen LogP contribution in [0.15, 0.2) is 42.7 Å². The molecule has 7 nitrogen and oxygen atoms in total. The van der Waals surface area contributed by atoms with E-state index in [4.69, 9.17) is 14.2 Å². The number of hydrogen-bond acceptors (Lipinski definition) is 7. The number of carbonyl (C=O) groups excluding carboxylic acids is 3. The third-order valence-corrected chi connectivity index (χ3v) is 7.17. The second-order valence-corrected chi connectivity index (χ2v) is 9.49. The highest BCUT2D eigenvalue weighted by Gasteiger charge is 2.52. The second kappa shape index (κ2) is 12.7. The van der Waals surface area contributed by atoms with Gasteiger partial charge in [0.2, 0.25) is 0 Å². The smallest absolute Gasteiger partial charge is 0.324 e. The molecular weight excluding hydrogens is 458 g/mol. The number of hydrogen-bond donors (Lipinski definition) is 0. The lowest BCUT2D eigenvalue weighted by atomic mass is 9.71. The summed E-state index contributed by atoms with van der Waals surface area (Å²) < 4.78 is 16.9. The highest BCUT2D eigenvalue weighted by atomic mass is 16.6. The first-order valence-corrected chi connectivity index (χ1v) is 12.8. The first-order chi connectivity index (χ1) is 17.4. The molecule has 36 heavy (non-hydrogen) atoms. The van der Waals surface area contributed by atoms with E-state index in [1.54, 1.807) is 38.7 Å². The normalized spacial score (nSPS) is 20.5. The fourth-order valence-corrected chi connectivity index (χ4v) is 5.34. The molecule has 194 valence electrons. The molecule has 0 aliphatic carbocycles. The van der Waals surface area contributed by atoms with Gasteiger partial charge < -0.3 is 14.2 Å². The van der Waals surface area contributed by atoms with Gasteiger partial charge in [0.05, 0.1) is 14.2 Å². The van der Waals surface area contributed by atoms with Crippen LogP contribution in [0.2, 0.25) is 0 Å². The summed E-state index contributed by atoms with van der Waals surface area (Å²) in [7, 11) is 3.23. The molecule has 3 atom stereocenters. The molecule has 1 fully saturated rings. The summed E-state index contributed by atoms with van der Waals surface area (Å²) >= 11 is 0. The molecule has 7 heteroatoms. The minimum absolute atomic E-state index is 0.0181. The molecule has 0 amide bonds. The third kappa shape index (κ3) is 6.31. The maximum atomic E-state index is 13.3. The van der Waals surface area contributed by atoms with Crippen LogP contribution in [0.25, 0.3) is 0 Å². The van der Waals surface area contributed by atoms with Crippen molar-refractivity contribution in [3.8, 4) is 11.5 Å². The summed E-state index contributed by atoms with van der Waals surface area (Å²) in [5.41, 5.74) is 0.796. The van der Waals surface area contributed by atoms with Crippen LogP contribution < -0.4 is 9.47 Å². The number of aryl methyl sites for hydroxylation is 1. The minimum Gasteiger partial charge on any atom is -0.497 e. The van der Waals surface area contributed by atoms with Crippen molar-refractivity contribution in [3.05, 3.63) is 53.9 Å². The van der Waals surface area contributed by atoms with E-state index < -0.39 is 23.3 Å². The van der Waals surface area contributed by atoms with E-state index in [1.165, 1.54) is 0 Å². The summed E-state index contributed by atoms with van der Waals surface area (Å²) in [5.74, 6) is -1.34. The fraction of sp³-hybridized carbons (Fsp3) is 0.517. The number of esters is 1. The predicted molar refractivity (Wildman–Crippen MR) is 136 cm³/mol. The average Bonchev–Trinajstić information content (AvgIpc) is 2.87. The molecule has 0 radical (unpaired) electrons. The van der Waals surface area contributed by atoms with Crippen molar-refractivity contribution in [2.24, 2.45) is 11.8 Å². The van der Waals surface area contributed by atoms with E-state index >= 15 is 0 Å². The predicted octanol–water partition coefficient (Wildman–Crippen LogP) is 4.93. The first-order valence-electron chi connectivity index (χ1n) is 12.8. The van der Waals surface area contributed by atoms with Gasteiger partial charge in [0.25, 0.3) is 0 Å². The summed E-state index contributed by atoms with van der Waals surface area (Å²) in [5, 5.41) is 0. The number of benzene rings is 1. The Morgan fingerprint density at radius 3 is 2.61 bits per heavy atom. The van der Waals surface area contributed by atoms with Crippen LogP contribution in [0, 0.1) is 11.8 Å². The topological polar surface area (TPSA) is 91.8 Å². The number of ketones is 2. The largest absolute Gasteiger partial charge is 0.497 e. The van der Waals surface area contributed by atoms with Crippen LogP contribution in [-0.4, -0.2) is 42.3 Å². The monoisotopic (exact) mass is 495 g/mol. The third-order valence-electron chi connectivity index (χ3n) is 7.17.